The van der Waals surface area contributed by atoms with E-state index in [1.54, 1.807) is 0 Å². The van der Waals surface area contributed by atoms with Gasteiger partial charge in [0.2, 0.25) is 0 Å². The molecule has 0 spiro atoms. The number of nitrogens with zero attached hydrogens (tertiary/aromatic N) is 2. The third-order valence-electron chi connectivity index (χ3n) is 2.16. The highest BCUT2D eigenvalue weighted by atomic mass is 15.0. The minimum absolute atomic E-state index is 0.535. The van der Waals surface area contributed by atoms with Crippen LogP contribution < -0.4 is 5.73 Å². The van der Waals surface area contributed by atoms with Crippen molar-refractivity contribution in [3.63, 3.8) is 0 Å². The molecule has 2 aromatic rings. The zero-order chi connectivity index (χ0) is 9.42. The second-order valence-electron chi connectivity index (χ2n) is 3.55. The molecule has 13 heavy (non-hydrogen) atoms. The summed E-state index contributed by atoms with van der Waals surface area (Å²) in [5.74, 6) is 1.11. The number of anilines is 1. The standard InChI is InChI=1S/C10H13N3/c1-7(2)8-3-4-10-12-9(11)6-13(10)5-8/h3-7H,11H2,1-2H3. The lowest BCUT2D eigenvalue weighted by atomic mass is 10.1. The van der Waals surface area contributed by atoms with Crippen LogP contribution in [0.5, 0.6) is 0 Å². The van der Waals surface area contributed by atoms with Crippen LogP contribution >= 0.6 is 0 Å². The second-order valence-corrected chi connectivity index (χ2v) is 3.55. The quantitative estimate of drug-likeness (QED) is 0.720. The Hall–Kier alpha value is -1.51. The van der Waals surface area contributed by atoms with E-state index in [1.165, 1.54) is 5.56 Å². The molecule has 0 saturated heterocycles. The second kappa shape index (κ2) is 2.76. The predicted molar refractivity (Wildman–Crippen MR) is 53.7 cm³/mol. The highest BCUT2D eigenvalue weighted by Gasteiger charge is 2.01. The first-order chi connectivity index (χ1) is 6.16. The van der Waals surface area contributed by atoms with Crippen molar-refractivity contribution >= 4 is 11.5 Å². The van der Waals surface area contributed by atoms with Crippen LogP contribution in [0.15, 0.2) is 24.5 Å². The monoisotopic (exact) mass is 175 g/mol. The molecule has 0 saturated carbocycles. The van der Waals surface area contributed by atoms with Gasteiger partial charge in [-0.05, 0) is 17.5 Å². The van der Waals surface area contributed by atoms with E-state index in [9.17, 15) is 0 Å². The topological polar surface area (TPSA) is 43.3 Å². The van der Waals surface area contributed by atoms with E-state index in [2.05, 4.69) is 31.1 Å². The fourth-order valence-electron chi connectivity index (χ4n) is 1.37. The first-order valence-electron chi connectivity index (χ1n) is 4.41. The van der Waals surface area contributed by atoms with Crippen LogP contribution in [0.2, 0.25) is 0 Å². The highest BCUT2D eigenvalue weighted by Crippen LogP contribution is 2.15. The van der Waals surface area contributed by atoms with E-state index >= 15 is 0 Å². The average Bonchev–Trinajstić information content (AvgIpc) is 2.42. The van der Waals surface area contributed by atoms with Crippen molar-refractivity contribution in [2.45, 2.75) is 19.8 Å². The van der Waals surface area contributed by atoms with Crippen molar-refractivity contribution in [2.24, 2.45) is 0 Å². The van der Waals surface area contributed by atoms with Crippen molar-refractivity contribution in [3.05, 3.63) is 30.1 Å². The number of nitrogens with two attached hydrogens (primary N) is 1. The molecule has 0 aliphatic carbocycles. The maximum absolute atomic E-state index is 5.58. The molecule has 2 heterocycles. The largest absolute Gasteiger partial charge is 0.382 e. The Bertz CT molecular complexity index is 429. The number of hydrogen-bond donors (Lipinski definition) is 1. The van der Waals surface area contributed by atoms with Gasteiger partial charge in [0.05, 0.1) is 6.20 Å². The SMILES string of the molecule is CC(C)c1ccc2nc(N)cn2c1. The normalized spacial score (nSPS) is 11.3. The van der Waals surface area contributed by atoms with Crippen LogP contribution in [-0.4, -0.2) is 9.38 Å². The predicted octanol–water partition coefficient (Wildman–Crippen LogP) is 2.04. The van der Waals surface area contributed by atoms with Gasteiger partial charge in [-0.3, -0.25) is 0 Å². The van der Waals surface area contributed by atoms with Crippen molar-refractivity contribution < 1.29 is 0 Å². The van der Waals surface area contributed by atoms with Gasteiger partial charge in [0.25, 0.3) is 0 Å². The Morgan fingerprint density at radius 2 is 2.08 bits per heavy atom. The van der Waals surface area contributed by atoms with Crippen LogP contribution in [0.1, 0.15) is 25.3 Å². The molecule has 2 aromatic heterocycles. The van der Waals surface area contributed by atoms with Gasteiger partial charge in [-0.2, -0.15) is 0 Å². The van der Waals surface area contributed by atoms with Gasteiger partial charge in [0.1, 0.15) is 11.5 Å². The molecule has 0 amide bonds. The Morgan fingerprint density at radius 3 is 2.77 bits per heavy atom. The number of imidazole rings is 1. The van der Waals surface area contributed by atoms with Gasteiger partial charge >= 0.3 is 0 Å². The van der Waals surface area contributed by atoms with Gasteiger partial charge in [-0.15, -0.1) is 0 Å². The molecule has 68 valence electrons. The smallest absolute Gasteiger partial charge is 0.142 e. The fourth-order valence-corrected chi connectivity index (χ4v) is 1.37. The first kappa shape index (κ1) is 8.10. The van der Waals surface area contributed by atoms with Gasteiger partial charge in [-0.1, -0.05) is 19.9 Å². The summed E-state index contributed by atoms with van der Waals surface area (Å²) in [6.07, 6.45) is 3.91. The molecule has 0 radical (unpaired) electrons. The Balaban J connectivity index is 2.61. The van der Waals surface area contributed by atoms with E-state index in [4.69, 9.17) is 5.73 Å². The van der Waals surface area contributed by atoms with E-state index in [-0.39, 0.29) is 0 Å². The molecule has 2 N–H and O–H groups in total. The summed E-state index contributed by atoms with van der Waals surface area (Å²) in [5.41, 5.74) is 7.79. The van der Waals surface area contributed by atoms with Gasteiger partial charge in [-0.25, -0.2) is 4.98 Å². The lowest BCUT2D eigenvalue weighted by molar-refractivity contribution is 0.854. The van der Waals surface area contributed by atoms with Gasteiger partial charge < -0.3 is 10.1 Å². The van der Waals surface area contributed by atoms with Crippen molar-refractivity contribution in [1.29, 1.82) is 0 Å². The molecule has 0 atom stereocenters. The highest BCUT2D eigenvalue weighted by molar-refractivity contribution is 5.47. The third-order valence-corrected chi connectivity index (χ3v) is 2.16. The zero-order valence-electron chi connectivity index (χ0n) is 7.86. The van der Waals surface area contributed by atoms with Gasteiger partial charge in [0, 0.05) is 6.20 Å². The van der Waals surface area contributed by atoms with E-state index in [0.717, 1.165) is 5.65 Å². The van der Waals surface area contributed by atoms with E-state index in [1.807, 2.05) is 16.7 Å². The Kier molecular flexibility index (Phi) is 1.72. The lowest BCUT2D eigenvalue weighted by Crippen LogP contribution is -1.91. The van der Waals surface area contributed by atoms with Crippen LogP contribution in [0.25, 0.3) is 5.65 Å². The lowest BCUT2D eigenvalue weighted by Gasteiger charge is -2.04. The molecule has 0 aliphatic rings. The van der Waals surface area contributed by atoms with Crippen LogP contribution in [0, 0.1) is 0 Å². The molecule has 0 bridgehead atoms. The Labute approximate surface area is 77.2 Å². The van der Waals surface area contributed by atoms with Crippen LogP contribution in [0.3, 0.4) is 0 Å². The number of hydrogen-bond acceptors (Lipinski definition) is 2. The molecule has 0 aliphatic heterocycles. The third kappa shape index (κ3) is 1.37. The summed E-state index contributed by atoms with van der Waals surface area (Å²) >= 11 is 0. The fraction of sp³-hybridized carbons (Fsp3) is 0.300. The minimum Gasteiger partial charge on any atom is -0.382 e. The Morgan fingerprint density at radius 1 is 1.31 bits per heavy atom. The van der Waals surface area contributed by atoms with Crippen molar-refractivity contribution in [2.75, 3.05) is 5.73 Å². The number of rotatable bonds is 1. The number of pyridine rings is 1. The summed E-state index contributed by atoms with van der Waals surface area (Å²) in [7, 11) is 0. The first-order valence-corrected chi connectivity index (χ1v) is 4.41. The average molecular weight is 175 g/mol. The molecular formula is C10H13N3. The number of nitrogen functional groups attached to an aromatic ring is 1. The molecule has 0 aromatic carbocycles. The van der Waals surface area contributed by atoms with E-state index in [0.29, 0.717) is 11.7 Å². The maximum Gasteiger partial charge on any atom is 0.142 e. The summed E-state index contributed by atoms with van der Waals surface area (Å²) in [5, 5.41) is 0. The van der Waals surface area contributed by atoms with Crippen LogP contribution in [0.4, 0.5) is 5.82 Å². The minimum atomic E-state index is 0.535. The van der Waals surface area contributed by atoms with Crippen molar-refractivity contribution in [3.8, 4) is 0 Å². The number of fused-ring (bicyclic) bond motifs is 1. The zero-order valence-corrected chi connectivity index (χ0v) is 7.86. The summed E-state index contributed by atoms with van der Waals surface area (Å²) in [6, 6.07) is 4.08. The molecule has 3 nitrogen and oxygen atoms in total. The van der Waals surface area contributed by atoms with Crippen molar-refractivity contribution in [1.82, 2.24) is 9.38 Å². The molecular weight excluding hydrogens is 162 g/mol. The van der Waals surface area contributed by atoms with Gasteiger partial charge in [0.15, 0.2) is 0 Å². The molecule has 0 unspecified atom stereocenters. The van der Waals surface area contributed by atoms with Crippen LogP contribution in [-0.2, 0) is 0 Å². The molecule has 0 fully saturated rings. The molecule has 2 rings (SSSR count). The molecule has 3 heteroatoms. The van der Waals surface area contributed by atoms with E-state index < -0.39 is 0 Å². The summed E-state index contributed by atoms with van der Waals surface area (Å²) < 4.78 is 1.96. The summed E-state index contributed by atoms with van der Waals surface area (Å²) in [6.45, 7) is 4.34. The number of aromatic nitrogens is 2. The maximum atomic E-state index is 5.58. The summed E-state index contributed by atoms with van der Waals surface area (Å²) in [4.78, 5) is 4.15.